The van der Waals surface area contributed by atoms with Gasteiger partial charge in [0.25, 0.3) is 0 Å². The predicted octanol–water partition coefficient (Wildman–Crippen LogP) is 3.16. The molecule has 100 valence electrons. The van der Waals surface area contributed by atoms with E-state index in [4.69, 9.17) is 0 Å². The highest BCUT2D eigenvalue weighted by atomic mass is 127. The Balaban J connectivity index is 2.79. The molecule has 0 spiro atoms. The molecule has 17 heavy (non-hydrogen) atoms. The highest BCUT2D eigenvalue weighted by molar-refractivity contribution is 14.1. The second-order valence-corrected chi connectivity index (χ2v) is 9.25. The van der Waals surface area contributed by atoms with Gasteiger partial charge in [-0.25, -0.2) is 0 Å². The van der Waals surface area contributed by atoms with E-state index in [9.17, 15) is 4.79 Å². The van der Waals surface area contributed by atoms with Crippen molar-refractivity contribution in [1.29, 1.82) is 0 Å². The van der Waals surface area contributed by atoms with E-state index in [1.54, 1.807) is 0 Å². The number of likely N-dealkylation sites (tertiary alicyclic amines) is 1. The van der Waals surface area contributed by atoms with Crippen molar-refractivity contribution in [3.05, 3.63) is 0 Å². The lowest BCUT2D eigenvalue weighted by atomic mass is 9.82. The standard InChI is InChI=1S/C12H22I2N2O/c1-9(10(17)15-14)16-6-5-11(2,3)7-12(4,13)8-16/h9H,5-8H2,1-4H3,(H,15,17)/t9-,12?/m1/s1. The quantitative estimate of drug-likeness (QED) is 0.387. The van der Waals surface area contributed by atoms with Crippen molar-refractivity contribution in [2.75, 3.05) is 13.1 Å². The Labute approximate surface area is 132 Å². The summed E-state index contributed by atoms with van der Waals surface area (Å²) in [5.41, 5.74) is 0.366. The smallest absolute Gasteiger partial charge is 0.245 e. The van der Waals surface area contributed by atoms with Gasteiger partial charge >= 0.3 is 0 Å². The van der Waals surface area contributed by atoms with E-state index >= 15 is 0 Å². The molecular weight excluding hydrogens is 442 g/mol. The Kier molecular flexibility index (Phi) is 5.53. The zero-order chi connectivity index (χ0) is 13.3. The summed E-state index contributed by atoms with van der Waals surface area (Å²) in [5.74, 6) is 0.109. The summed E-state index contributed by atoms with van der Waals surface area (Å²) >= 11 is 4.47. The lowest BCUT2D eigenvalue weighted by molar-refractivity contribution is -0.123. The minimum Gasteiger partial charge on any atom is -0.297 e. The predicted molar refractivity (Wildman–Crippen MR) is 88.6 cm³/mol. The molecule has 1 fully saturated rings. The fraction of sp³-hybridized carbons (Fsp3) is 0.917. The molecule has 3 nitrogen and oxygen atoms in total. The van der Waals surface area contributed by atoms with Crippen molar-refractivity contribution in [2.45, 2.75) is 50.0 Å². The average molecular weight is 464 g/mol. The van der Waals surface area contributed by atoms with Gasteiger partial charge in [0.1, 0.15) is 0 Å². The maximum Gasteiger partial charge on any atom is 0.245 e. The van der Waals surface area contributed by atoms with E-state index in [2.05, 4.69) is 51.8 Å². The number of nitrogens with zero attached hydrogens (tertiary/aromatic N) is 1. The van der Waals surface area contributed by atoms with Crippen LogP contribution in [-0.2, 0) is 4.79 Å². The zero-order valence-electron chi connectivity index (χ0n) is 11.0. The van der Waals surface area contributed by atoms with E-state index in [1.807, 2.05) is 29.8 Å². The van der Waals surface area contributed by atoms with Crippen LogP contribution in [0.5, 0.6) is 0 Å². The van der Waals surface area contributed by atoms with Gasteiger partial charge in [0.15, 0.2) is 0 Å². The highest BCUT2D eigenvalue weighted by Crippen LogP contribution is 2.40. The highest BCUT2D eigenvalue weighted by Gasteiger charge is 2.37. The summed E-state index contributed by atoms with van der Waals surface area (Å²) in [6.07, 6.45) is 2.36. The minimum absolute atomic E-state index is 0.0325. The summed E-state index contributed by atoms with van der Waals surface area (Å²) in [5, 5.41) is 0. The Morgan fingerprint density at radius 2 is 2.00 bits per heavy atom. The Hall–Kier alpha value is 0.890. The van der Waals surface area contributed by atoms with Crippen LogP contribution in [0.15, 0.2) is 0 Å². The summed E-state index contributed by atoms with van der Waals surface area (Å²) in [4.78, 5) is 14.0. The first kappa shape index (κ1) is 15.9. The van der Waals surface area contributed by atoms with Crippen LogP contribution in [0.4, 0.5) is 0 Å². The lowest BCUT2D eigenvalue weighted by Gasteiger charge is -2.32. The third kappa shape index (κ3) is 4.81. The van der Waals surface area contributed by atoms with Crippen LogP contribution in [0.25, 0.3) is 0 Å². The first-order chi connectivity index (χ1) is 7.67. The van der Waals surface area contributed by atoms with Crippen molar-refractivity contribution in [2.24, 2.45) is 5.41 Å². The van der Waals surface area contributed by atoms with Crippen LogP contribution < -0.4 is 3.53 Å². The van der Waals surface area contributed by atoms with Crippen LogP contribution in [-0.4, -0.2) is 33.4 Å². The summed E-state index contributed by atoms with van der Waals surface area (Å²) in [6, 6.07) is -0.0325. The van der Waals surface area contributed by atoms with Crippen molar-refractivity contribution < 1.29 is 4.79 Å². The normalized spacial score (nSPS) is 31.6. The number of hydrogen-bond acceptors (Lipinski definition) is 2. The molecule has 0 aliphatic carbocycles. The molecule has 2 atom stereocenters. The molecule has 5 heteroatoms. The van der Waals surface area contributed by atoms with Gasteiger partial charge in [-0.2, -0.15) is 0 Å². The molecule has 1 unspecified atom stereocenters. The maximum absolute atomic E-state index is 11.7. The van der Waals surface area contributed by atoms with E-state index in [0.717, 1.165) is 19.5 Å². The lowest BCUT2D eigenvalue weighted by Crippen LogP contribution is -2.46. The van der Waals surface area contributed by atoms with Gasteiger partial charge in [0.05, 0.1) is 28.9 Å². The summed E-state index contributed by atoms with van der Waals surface area (Å²) in [7, 11) is 0. The average Bonchev–Trinajstić information content (AvgIpc) is 2.30. The number of halogens is 2. The fourth-order valence-electron chi connectivity index (χ4n) is 2.67. The number of rotatable bonds is 2. The van der Waals surface area contributed by atoms with Gasteiger partial charge < -0.3 is 0 Å². The van der Waals surface area contributed by atoms with E-state index in [1.165, 1.54) is 6.42 Å². The molecule has 1 amide bonds. The van der Waals surface area contributed by atoms with Gasteiger partial charge in [-0.15, -0.1) is 0 Å². The zero-order valence-corrected chi connectivity index (χ0v) is 15.3. The molecule has 0 aromatic carbocycles. The van der Waals surface area contributed by atoms with Crippen LogP contribution in [0.1, 0.15) is 40.5 Å². The minimum atomic E-state index is -0.0325. The second-order valence-electron chi connectivity index (χ2n) is 6.11. The Morgan fingerprint density at radius 1 is 1.41 bits per heavy atom. The topological polar surface area (TPSA) is 32.3 Å². The van der Waals surface area contributed by atoms with Crippen LogP contribution >= 0.6 is 45.5 Å². The monoisotopic (exact) mass is 464 g/mol. The number of nitrogens with one attached hydrogen (secondary N) is 1. The molecular formula is C12H22I2N2O. The molecule has 1 saturated heterocycles. The largest absolute Gasteiger partial charge is 0.297 e. The molecule has 1 rings (SSSR count). The van der Waals surface area contributed by atoms with Crippen molar-refractivity contribution in [3.8, 4) is 0 Å². The number of carbonyl (C=O) groups is 1. The number of hydrogen-bond donors (Lipinski definition) is 1. The number of amides is 1. The van der Waals surface area contributed by atoms with Crippen LogP contribution in [0, 0.1) is 5.41 Å². The first-order valence-corrected chi connectivity index (χ1v) is 8.16. The molecule has 0 bridgehead atoms. The van der Waals surface area contributed by atoms with Gasteiger partial charge in [0, 0.05) is 9.97 Å². The summed E-state index contributed by atoms with van der Waals surface area (Å²) in [6.45, 7) is 11.0. The fourth-order valence-corrected chi connectivity index (χ4v) is 4.59. The molecule has 1 aliphatic rings. The van der Waals surface area contributed by atoms with Crippen molar-refractivity contribution >= 4 is 51.4 Å². The Morgan fingerprint density at radius 3 is 2.53 bits per heavy atom. The third-order valence-corrected chi connectivity index (χ3v) is 4.73. The molecule has 1 heterocycles. The van der Waals surface area contributed by atoms with E-state index < -0.39 is 0 Å². The molecule has 0 radical (unpaired) electrons. The van der Waals surface area contributed by atoms with E-state index in [0.29, 0.717) is 5.41 Å². The van der Waals surface area contributed by atoms with Gasteiger partial charge in [-0.3, -0.25) is 13.2 Å². The van der Waals surface area contributed by atoms with E-state index in [-0.39, 0.29) is 15.4 Å². The molecule has 0 saturated carbocycles. The second kappa shape index (κ2) is 5.90. The molecule has 0 aromatic rings. The van der Waals surface area contributed by atoms with Crippen LogP contribution in [0.2, 0.25) is 0 Å². The van der Waals surface area contributed by atoms with Gasteiger partial charge in [-0.1, -0.05) is 36.4 Å². The van der Waals surface area contributed by atoms with Gasteiger partial charge in [0.2, 0.25) is 5.91 Å². The Bertz CT molecular complexity index is 292. The number of alkyl halides is 1. The number of carbonyl (C=O) groups excluding carboxylic acids is 1. The first-order valence-electron chi connectivity index (χ1n) is 6.00. The molecule has 1 aliphatic heterocycles. The third-order valence-electron chi connectivity index (χ3n) is 3.48. The SMILES string of the molecule is C[C@H](C(=O)NI)N1CCC(C)(C)CC(C)(I)C1. The van der Waals surface area contributed by atoms with Crippen molar-refractivity contribution in [3.63, 3.8) is 0 Å². The summed E-state index contributed by atoms with van der Waals surface area (Å²) < 4.78 is 2.97. The maximum atomic E-state index is 11.7. The van der Waals surface area contributed by atoms with Crippen molar-refractivity contribution in [1.82, 2.24) is 8.43 Å². The molecule has 1 N–H and O–H groups in total. The molecule has 0 aromatic heterocycles. The van der Waals surface area contributed by atoms with Crippen LogP contribution in [0.3, 0.4) is 0 Å². The van der Waals surface area contributed by atoms with Gasteiger partial charge in [-0.05, 0) is 38.6 Å².